The van der Waals surface area contributed by atoms with Crippen LogP contribution in [0.4, 0.5) is 5.69 Å². The number of rotatable bonds is 5. The van der Waals surface area contributed by atoms with E-state index in [2.05, 4.69) is 5.32 Å². The number of nitrogens with zero attached hydrogens (tertiary/aromatic N) is 1. The van der Waals surface area contributed by atoms with Crippen LogP contribution in [0, 0.1) is 0 Å². The monoisotopic (exact) mass is 360 g/mol. The first-order chi connectivity index (χ1) is 11.9. The molecule has 2 aromatic rings. The highest BCUT2D eigenvalue weighted by Gasteiger charge is 2.30. The molecule has 0 bridgehead atoms. The van der Waals surface area contributed by atoms with Crippen molar-refractivity contribution in [2.24, 2.45) is 0 Å². The highest BCUT2D eigenvalue weighted by molar-refractivity contribution is 7.92. The smallest absolute Gasteiger partial charge is 0.258 e. The van der Waals surface area contributed by atoms with Crippen LogP contribution in [-0.4, -0.2) is 33.7 Å². The van der Waals surface area contributed by atoms with Gasteiger partial charge in [0.2, 0.25) is 10.0 Å². The lowest BCUT2D eigenvalue weighted by Gasteiger charge is -2.34. The van der Waals surface area contributed by atoms with Crippen LogP contribution in [-0.2, 0) is 14.8 Å². The fourth-order valence-corrected chi connectivity index (χ4v) is 3.89. The van der Waals surface area contributed by atoms with Crippen molar-refractivity contribution in [3.8, 4) is 5.75 Å². The zero-order valence-corrected chi connectivity index (χ0v) is 14.7. The molecular weight excluding hydrogens is 340 g/mol. The number of amides is 1. The highest BCUT2D eigenvalue weighted by atomic mass is 32.2. The van der Waals surface area contributed by atoms with E-state index >= 15 is 0 Å². The van der Waals surface area contributed by atoms with Crippen LogP contribution >= 0.6 is 0 Å². The maximum absolute atomic E-state index is 12.2. The van der Waals surface area contributed by atoms with Gasteiger partial charge in [-0.15, -0.1) is 0 Å². The average molecular weight is 360 g/mol. The van der Waals surface area contributed by atoms with Crippen molar-refractivity contribution in [3.05, 3.63) is 60.2 Å². The van der Waals surface area contributed by atoms with Crippen molar-refractivity contribution >= 4 is 21.6 Å². The molecular formula is C18H20N2O4S. The van der Waals surface area contributed by atoms with Gasteiger partial charge in [-0.05, 0) is 30.2 Å². The third kappa shape index (κ3) is 4.11. The summed E-state index contributed by atoms with van der Waals surface area (Å²) < 4.78 is 30.7. The number of hydrogen-bond acceptors (Lipinski definition) is 4. The normalized spacial score (nSPS) is 16.8. The lowest BCUT2D eigenvalue weighted by atomic mass is 9.98. The molecule has 3 rings (SSSR count). The van der Waals surface area contributed by atoms with Crippen LogP contribution in [0.5, 0.6) is 5.75 Å². The first-order valence-corrected chi connectivity index (χ1v) is 9.84. The van der Waals surface area contributed by atoms with E-state index in [1.165, 1.54) is 10.6 Å². The summed E-state index contributed by atoms with van der Waals surface area (Å²) in [6.07, 6.45) is 1.71. The number of sulfonamides is 1. The van der Waals surface area contributed by atoms with E-state index in [0.29, 0.717) is 24.4 Å². The molecule has 0 saturated carbocycles. The van der Waals surface area contributed by atoms with E-state index in [-0.39, 0.29) is 18.6 Å². The molecule has 1 aliphatic heterocycles. The lowest BCUT2D eigenvalue weighted by molar-refractivity contribution is -0.123. The van der Waals surface area contributed by atoms with E-state index in [1.54, 1.807) is 24.3 Å². The molecule has 1 atom stereocenters. The molecule has 1 aliphatic rings. The van der Waals surface area contributed by atoms with Crippen LogP contribution in [0.25, 0.3) is 0 Å². The Hall–Kier alpha value is -2.54. The SMILES string of the molecule is CS(=O)(=O)N1CCC(NC(=O)COc2ccccc2)c2ccccc21. The Kier molecular flexibility index (Phi) is 4.94. The number of fused-ring (bicyclic) bond motifs is 1. The van der Waals surface area contributed by atoms with Crippen LogP contribution in [0.3, 0.4) is 0 Å². The first-order valence-electron chi connectivity index (χ1n) is 7.99. The van der Waals surface area contributed by atoms with Crippen molar-refractivity contribution in [2.75, 3.05) is 23.7 Å². The molecule has 1 amide bonds. The summed E-state index contributed by atoms with van der Waals surface area (Å²) in [5.41, 5.74) is 1.41. The van der Waals surface area contributed by atoms with E-state index < -0.39 is 10.0 Å². The predicted octanol–water partition coefficient (Wildman–Crippen LogP) is 2.09. The van der Waals surface area contributed by atoms with Gasteiger partial charge in [0.05, 0.1) is 18.0 Å². The Balaban J connectivity index is 1.69. The van der Waals surface area contributed by atoms with Gasteiger partial charge in [-0.25, -0.2) is 8.42 Å². The molecule has 0 radical (unpaired) electrons. The number of nitrogens with one attached hydrogen (secondary N) is 1. The molecule has 0 aliphatic carbocycles. The second kappa shape index (κ2) is 7.14. The van der Waals surface area contributed by atoms with Gasteiger partial charge in [-0.2, -0.15) is 0 Å². The Morgan fingerprint density at radius 3 is 2.56 bits per heavy atom. The number of benzene rings is 2. The first kappa shape index (κ1) is 17.3. The predicted molar refractivity (Wildman–Crippen MR) is 96.1 cm³/mol. The van der Waals surface area contributed by atoms with Crippen molar-refractivity contribution < 1.29 is 17.9 Å². The molecule has 2 aromatic carbocycles. The van der Waals surface area contributed by atoms with Gasteiger partial charge in [-0.1, -0.05) is 36.4 Å². The Morgan fingerprint density at radius 2 is 1.84 bits per heavy atom. The molecule has 0 aromatic heterocycles. The largest absolute Gasteiger partial charge is 0.484 e. The Morgan fingerprint density at radius 1 is 1.16 bits per heavy atom. The van der Waals surface area contributed by atoms with E-state index in [9.17, 15) is 13.2 Å². The summed E-state index contributed by atoms with van der Waals surface area (Å²) in [7, 11) is -3.34. The zero-order chi connectivity index (χ0) is 17.9. The molecule has 7 heteroatoms. The third-order valence-electron chi connectivity index (χ3n) is 4.05. The van der Waals surface area contributed by atoms with Crippen molar-refractivity contribution in [2.45, 2.75) is 12.5 Å². The number of carbonyl (C=O) groups excluding carboxylic acids is 1. The summed E-state index contributed by atoms with van der Waals surface area (Å²) in [4.78, 5) is 12.2. The Labute approximate surface area is 147 Å². The van der Waals surface area contributed by atoms with Gasteiger partial charge in [0.15, 0.2) is 6.61 Å². The minimum absolute atomic E-state index is 0.0849. The van der Waals surface area contributed by atoms with Crippen LogP contribution < -0.4 is 14.4 Å². The van der Waals surface area contributed by atoms with Crippen LogP contribution in [0.1, 0.15) is 18.0 Å². The summed E-state index contributed by atoms with van der Waals surface area (Å²) >= 11 is 0. The average Bonchev–Trinajstić information content (AvgIpc) is 2.60. The molecule has 1 heterocycles. The molecule has 1 unspecified atom stereocenters. The van der Waals surface area contributed by atoms with Crippen molar-refractivity contribution in [1.29, 1.82) is 0 Å². The van der Waals surface area contributed by atoms with Gasteiger partial charge < -0.3 is 10.1 Å². The second-order valence-electron chi connectivity index (χ2n) is 5.90. The molecule has 25 heavy (non-hydrogen) atoms. The highest BCUT2D eigenvalue weighted by Crippen LogP contribution is 2.34. The molecule has 0 fully saturated rings. The summed E-state index contributed by atoms with van der Waals surface area (Å²) in [5.74, 6) is 0.390. The second-order valence-corrected chi connectivity index (χ2v) is 7.81. The molecule has 0 saturated heterocycles. The van der Waals surface area contributed by atoms with Gasteiger partial charge in [-0.3, -0.25) is 9.10 Å². The summed E-state index contributed by atoms with van der Waals surface area (Å²) in [6, 6.07) is 16.1. The van der Waals surface area contributed by atoms with E-state index in [1.807, 2.05) is 30.3 Å². The summed E-state index contributed by atoms with van der Waals surface area (Å²) in [6.45, 7) is 0.249. The van der Waals surface area contributed by atoms with Crippen molar-refractivity contribution in [1.82, 2.24) is 5.32 Å². The van der Waals surface area contributed by atoms with E-state index in [0.717, 1.165) is 5.56 Å². The van der Waals surface area contributed by atoms with Crippen LogP contribution in [0.15, 0.2) is 54.6 Å². The molecule has 1 N–H and O–H groups in total. The fourth-order valence-electron chi connectivity index (χ4n) is 2.93. The number of ether oxygens (including phenoxy) is 1. The number of para-hydroxylation sites is 2. The van der Waals surface area contributed by atoms with Gasteiger partial charge in [0.1, 0.15) is 5.75 Å². The minimum Gasteiger partial charge on any atom is -0.484 e. The molecule has 132 valence electrons. The topological polar surface area (TPSA) is 75.7 Å². The molecule has 0 spiro atoms. The maximum atomic E-state index is 12.2. The van der Waals surface area contributed by atoms with Gasteiger partial charge in [0.25, 0.3) is 5.91 Å². The van der Waals surface area contributed by atoms with Gasteiger partial charge in [0, 0.05) is 6.54 Å². The molecule has 6 nitrogen and oxygen atoms in total. The number of hydrogen-bond donors (Lipinski definition) is 1. The minimum atomic E-state index is -3.34. The zero-order valence-electron chi connectivity index (χ0n) is 13.9. The quantitative estimate of drug-likeness (QED) is 0.886. The lowest BCUT2D eigenvalue weighted by Crippen LogP contribution is -2.41. The third-order valence-corrected chi connectivity index (χ3v) is 5.23. The standard InChI is InChI=1S/C18H20N2O4S/c1-25(22,23)20-12-11-16(15-9-5-6-10-17(15)20)19-18(21)13-24-14-7-3-2-4-8-14/h2-10,16H,11-13H2,1H3,(H,19,21). The van der Waals surface area contributed by atoms with Gasteiger partial charge >= 0.3 is 0 Å². The van der Waals surface area contributed by atoms with Crippen molar-refractivity contribution in [3.63, 3.8) is 0 Å². The van der Waals surface area contributed by atoms with E-state index in [4.69, 9.17) is 4.74 Å². The van der Waals surface area contributed by atoms with Crippen LogP contribution in [0.2, 0.25) is 0 Å². The maximum Gasteiger partial charge on any atom is 0.258 e. The number of carbonyl (C=O) groups is 1. The Bertz CT molecular complexity index is 852. The summed E-state index contributed by atoms with van der Waals surface area (Å²) in [5, 5.41) is 2.93. The fraction of sp³-hybridized carbons (Fsp3) is 0.278. The number of anilines is 1.